The van der Waals surface area contributed by atoms with Gasteiger partial charge in [-0.15, -0.1) is 0 Å². The molecule has 0 aliphatic heterocycles. The summed E-state index contributed by atoms with van der Waals surface area (Å²) in [6.45, 7) is 6.99. The van der Waals surface area contributed by atoms with E-state index in [9.17, 15) is 4.79 Å². The van der Waals surface area contributed by atoms with E-state index in [-0.39, 0.29) is 12.1 Å². The fourth-order valence-electron chi connectivity index (χ4n) is 2.01. The standard InChI is InChI=1S/C17H32O2.H3N/c1-4-7-9-11-12-14-16(6-3)17(18)19-15-13-10-8-5-2;/h14H,4-13,15H2,1-3H3;1H3. The lowest BCUT2D eigenvalue weighted by Gasteiger charge is -2.06. The minimum absolute atomic E-state index is 0. The number of allylic oxidation sites excluding steroid dienone is 1. The molecular formula is C17H35NO2. The Balaban J connectivity index is 0. The highest BCUT2D eigenvalue weighted by Crippen LogP contribution is 2.10. The van der Waals surface area contributed by atoms with Gasteiger partial charge in [0.2, 0.25) is 0 Å². The second kappa shape index (κ2) is 16.2. The summed E-state index contributed by atoms with van der Waals surface area (Å²) in [7, 11) is 0. The number of ether oxygens (including phenoxy) is 1. The van der Waals surface area contributed by atoms with E-state index in [2.05, 4.69) is 19.9 Å². The van der Waals surface area contributed by atoms with Crippen molar-refractivity contribution in [2.45, 2.75) is 85.0 Å². The van der Waals surface area contributed by atoms with Gasteiger partial charge in [-0.25, -0.2) is 4.79 Å². The van der Waals surface area contributed by atoms with Gasteiger partial charge in [0.25, 0.3) is 0 Å². The Morgan fingerprint density at radius 2 is 1.50 bits per heavy atom. The summed E-state index contributed by atoms with van der Waals surface area (Å²) in [5.41, 5.74) is 0.854. The minimum atomic E-state index is -0.102. The summed E-state index contributed by atoms with van der Waals surface area (Å²) in [5, 5.41) is 0. The Kier molecular flexibility index (Phi) is 17.4. The third kappa shape index (κ3) is 12.2. The third-order valence-corrected chi connectivity index (χ3v) is 3.32. The monoisotopic (exact) mass is 285 g/mol. The van der Waals surface area contributed by atoms with Gasteiger partial charge in [-0.3, -0.25) is 0 Å². The van der Waals surface area contributed by atoms with Crippen molar-refractivity contribution < 1.29 is 9.53 Å². The molecular weight excluding hydrogens is 250 g/mol. The highest BCUT2D eigenvalue weighted by atomic mass is 16.5. The van der Waals surface area contributed by atoms with Crippen molar-refractivity contribution in [2.75, 3.05) is 6.61 Å². The lowest BCUT2D eigenvalue weighted by Crippen LogP contribution is -2.08. The molecule has 3 N–H and O–H groups in total. The van der Waals surface area contributed by atoms with Crippen molar-refractivity contribution in [1.29, 1.82) is 0 Å². The van der Waals surface area contributed by atoms with Crippen LogP contribution in [0.2, 0.25) is 0 Å². The van der Waals surface area contributed by atoms with E-state index in [4.69, 9.17) is 4.74 Å². The maximum absolute atomic E-state index is 11.8. The predicted octanol–water partition coefficient (Wildman–Crippen LogP) is 5.58. The quantitative estimate of drug-likeness (QED) is 0.289. The van der Waals surface area contributed by atoms with Gasteiger partial charge >= 0.3 is 5.97 Å². The summed E-state index contributed by atoms with van der Waals surface area (Å²) in [5.74, 6) is -0.102. The van der Waals surface area contributed by atoms with Gasteiger partial charge in [-0.2, -0.15) is 0 Å². The Morgan fingerprint density at radius 1 is 0.900 bits per heavy atom. The minimum Gasteiger partial charge on any atom is -0.462 e. The number of carbonyl (C=O) groups excluding carboxylic acids is 1. The van der Waals surface area contributed by atoms with Crippen LogP contribution < -0.4 is 6.15 Å². The largest absolute Gasteiger partial charge is 0.462 e. The second-order valence-electron chi connectivity index (χ2n) is 5.13. The van der Waals surface area contributed by atoms with E-state index in [1.165, 1.54) is 38.5 Å². The SMILES string of the molecule is CCCCCCC=C(CC)C(=O)OCCCCCC.N. The van der Waals surface area contributed by atoms with E-state index >= 15 is 0 Å². The first-order valence-electron chi connectivity index (χ1n) is 8.12. The molecule has 120 valence electrons. The van der Waals surface area contributed by atoms with Crippen LogP contribution in [0.1, 0.15) is 85.0 Å². The molecule has 0 atom stereocenters. The Morgan fingerprint density at radius 3 is 2.05 bits per heavy atom. The van der Waals surface area contributed by atoms with Crippen LogP contribution in [0.3, 0.4) is 0 Å². The van der Waals surface area contributed by atoms with Gasteiger partial charge in [-0.1, -0.05) is 65.4 Å². The van der Waals surface area contributed by atoms with Gasteiger partial charge in [0.15, 0.2) is 0 Å². The van der Waals surface area contributed by atoms with E-state index in [0.29, 0.717) is 6.61 Å². The van der Waals surface area contributed by atoms with Crippen molar-refractivity contribution in [2.24, 2.45) is 0 Å². The highest BCUT2D eigenvalue weighted by molar-refractivity contribution is 5.88. The maximum Gasteiger partial charge on any atom is 0.333 e. The van der Waals surface area contributed by atoms with Gasteiger partial charge in [0.1, 0.15) is 0 Å². The molecule has 0 heterocycles. The van der Waals surface area contributed by atoms with Crippen LogP contribution in [-0.2, 0) is 9.53 Å². The van der Waals surface area contributed by atoms with Crippen molar-refractivity contribution in [1.82, 2.24) is 6.15 Å². The number of rotatable bonds is 12. The molecule has 0 aromatic heterocycles. The van der Waals surface area contributed by atoms with Crippen molar-refractivity contribution in [3.63, 3.8) is 0 Å². The molecule has 0 rings (SSSR count). The summed E-state index contributed by atoms with van der Waals surface area (Å²) in [6, 6.07) is 0. The molecule has 0 spiro atoms. The van der Waals surface area contributed by atoms with E-state index < -0.39 is 0 Å². The number of hydrogen-bond acceptors (Lipinski definition) is 3. The number of hydrogen-bond donors (Lipinski definition) is 1. The van der Waals surface area contributed by atoms with Crippen LogP contribution in [0, 0.1) is 0 Å². The summed E-state index contributed by atoms with van der Waals surface area (Å²) >= 11 is 0. The molecule has 20 heavy (non-hydrogen) atoms. The first kappa shape index (κ1) is 21.5. The van der Waals surface area contributed by atoms with Gasteiger partial charge in [0, 0.05) is 5.57 Å². The van der Waals surface area contributed by atoms with Crippen LogP contribution in [-0.4, -0.2) is 12.6 Å². The Hall–Kier alpha value is -0.830. The van der Waals surface area contributed by atoms with E-state index in [1.807, 2.05) is 6.92 Å². The van der Waals surface area contributed by atoms with Gasteiger partial charge < -0.3 is 10.9 Å². The van der Waals surface area contributed by atoms with Crippen molar-refractivity contribution in [3.8, 4) is 0 Å². The zero-order valence-corrected chi connectivity index (χ0v) is 13.9. The molecule has 3 nitrogen and oxygen atoms in total. The normalized spacial score (nSPS) is 11.1. The van der Waals surface area contributed by atoms with Crippen LogP contribution in [0.4, 0.5) is 0 Å². The van der Waals surface area contributed by atoms with E-state index in [0.717, 1.165) is 31.3 Å². The number of carbonyl (C=O) groups is 1. The molecule has 3 heteroatoms. The lowest BCUT2D eigenvalue weighted by atomic mass is 10.1. The molecule has 0 saturated heterocycles. The van der Waals surface area contributed by atoms with Crippen LogP contribution in [0.25, 0.3) is 0 Å². The fraction of sp³-hybridized carbons (Fsp3) is 0.824. The third-order valence-electron chi connectivity index (χ3n) is 3.32. The molecule has 0 aromatic carbocycles. The predicted molar refractivity (Wildman–Crippen MR) is 87.3 cm³/mol. The topological polar surface area (TPSA) is 61.3 Å². The molecule has 0 amide bonds. The van der Waals surface area contributed by atoms with E-state index in [1.54, 1.807) is 0 Å². The molecule has 0 aliphatic rings. The maximum atomic E-state index is 11.8. The molecule has 0 aliphatic carbocycles. The Labute approximate surface area is 125 Å². The second-order valence-corrected chi connectivity index (χ2v) is 5.13. The first-order chi connectivity index (χ1) is 9.26. The van der Waals surface area contributed by atoms with Gasteiger partial charge in [-0.05, 0) is 25.7 Å². The zero-order valence-electron chi connectivity index (χ0n) is 13.9. The lowest BCUT2D eigenvalue weighted by molar-refractivity contribution is -0.139. The van der Waals surface area contributed by atoms with Crippen molar-refractivity contribution in [3.05, 3.63) is 11.6 Å². The van der Waals surface area contributed by atoms with Crippen LogP contribution in [0.15, 0.2) is 11.6 Å². The van der Waals surface area contributed by atoms with Crippen molar-refractivity contribution >= 4 is 5.97 Å². The molecule has 0 unspecified atom stereocenters. The van der Waals surface area contributed by atoms with Gasteiger partial charge in [0.05, 0.1) is 6.61 Å². The average Bonchev–Trinajstić information content (AvgIpc) is 2.42. The summed E-state index contributed by atoms with van der Waals surface area (Å²) in [6.07, 6.45) is 13.4. The molecule has 0 saturated carbocycles. The Bertz CT molecular complexity index is 249. The summed E-state index contributed by atoms with van der Waals surface area (Å²) < 4.78 is 5.31. The molecule has 0 bridgehead atoms. The van der Waals surface area contributed by atoms with Crippen LogP contribution in [0.5, 0.6) is 0 Å². The summed E-state index contributed by atoms with van der Waals surface area (Å²) in [4.78, 5) is 11.8. The zero-order chi connectivity index (χ0) is 14.3. The first-order valence-corrected chi connectivity index (χ1v) is 8.12. The molecule has 0 fully saturated rings. The fourth-order valence-corrected chi connectivity index (χ4v) is 2.01. The molecule has 0 radical (unpaired) electrons. The highest BCUT2D eigenvalue weighted by Gasteiger charge is 2.07. The molecule has 0 aromatic rings. The number of esters is 1. The van der Waals surface area contributed by atoms with Crippen LogP contribution >= 0.6 is 0 Å². The average molecular weight is 285 g/mol. The number of unbranched alkanes of at least 4 members (excludes halogenated alkanes) is 7. The smallest absolute Gasteiger partial charge is 0.333 e.